The molecule has 4 heteroatoms. The fourth-order valence-corrected chi connectivity index (χ4v) is 7.05. The molecule has 0 spiro atoms. The van der Waals surface area contributed by atoms with Crippen molar-refractivity contribution in [3.05, 3.63) is 107 Å². The van der Waals surface area contributed by atoms with Crippen molar-refractivity contribution < 1.29 is 19.7 Å². The van der Waals surface area contributed by atoms with Crippen molar-refractivity contribution in [2.45, 2.75) is 29.0 Å². The van der Waals surface area contributed by atoms with Gasteiger partial charge in [-0.1, -0.05) is 84.9 Å². The topological polar surface area (TPSA) is 66.8 Å². The average Bonchev–Trinajstić information content (AvgIpc) is 3.27. The number of benzene rings is 3. The number of hydrogen-bond acceptors (Lipinski definition) is 4. The third kappa shape index (κ3) is 1.60. The second-order valence-corrected chi connectivity index (χ2v) is 8.68. The van der Waals surface area contributed by atoms with Crippen LogP contribution in [0.3, 0.4) is 0 Å². The Morgan fingerprint density at radius 1 is 0.800 bits per heavy atom. The molecule has 30 heavy (non-hydrogen) atoms. The van der Waals surface area contributed by atoms with Gasteiger partial charge in [-0.2, -0.15) is 0 Å². The lowest BCUT2D eigenvalue weighted by Crippen LogP contribution is -2.46. The third-order valence-electron chi connectivity index (χ3n) is 7.88. The van der Waals surface area contributed by atoms with Gasteiger partial charge in [-0.05, 0) is 22.3 Å². The van der Waals surface area contributed by atoms with Crippen LogP contribution in [0.1, 0.15) is 34.1 Å². The minimum Gasteiger partial charge on any atom is -0.468 e. The van der Waals surface area contributed by atoms with Gasteiger partial charge in [0.15, 0.2) is 0 Å². The Kier molecular flexibility index (Phi) is 3.33. The molecule has 150 valence electrons. The first kappa shape index (κ1) is 17.9. The molecule has 3 aliphatic carbocycles. The molecule has 0 heterocycles. The summed E-state index contributed by atoms with van der Waals surface area (Å²) in [5, 5.41) is 24.0. The highest BCUT2D eigenvalue weighted by Crippen LogP contribution is 2.92. The van der Waals surface area contributed by atoms with Gasteiger partial charge in [-0.15, -0.1) is 0 Å². The minimum absolute atomic E-state index is 0.236. The second-order valence-electron chi connectivity index (χ2n) is 8.68. The van der Waals surface area contributed by atoms with Gasteiger partial charge < -0.3 is 14.9 Å². The van der Waals surface area contributed by atoms with Gasteiger partial charge in [0, 0.05) is 17.3 Å². The van der Waals surface area contributed by atoms with E-state index in [4.69, 9.17) is 4.74 Å². The van der Waals surface area contributed by atoms with E-state index >= 15 is 0 Å². The summed E-state index contributed by atoms with van der Waals surface area (Å²) in [6.45, 7) is 0. The lowest BCUT2D eigenvalue weighted by atomic mass is 9.72. The van der Waals surface area contributed by atoms with E-state index in [1.807, 2.05) is 84.9 Å². The summed E-state index contributed by atoms with van der Waals surface area (Å²) < 4.78 is 5.28. The van der Waals surface area contributed by atoms with Crippen LogP contribution < -0.4 is 0 Å². The Bertz CT molecular complexity index is 1160. The van der Waals surface area contributed by atoms with Crippen LogP contribution in [0.25, 0.3) is 0 Å². The van der Waals surface area contributed by atoms with Crippen molar-refractivity contribution in [1.29, 1.82) is 0 Å². The normalized spacial score (nSPS) is 37.4. The van der Waals surface area contributed by atoms with E-state index in [-0.39, 0.29) is 5.92 Å². The van der Waals surface area contributed by atoms with Crippen LogP contribution in [0.2, 0.25) is 0 Å². The Morgan fingerprint density at radius 3 is 1.87 bits per heavy atom. The van der Waals surface area contributed by atoms with Gasteiger partial charge in [0.2, 0.25) is 0 Å². The molecule has 0 aromatic heterocycles. The van der Waals surface area contributed by atoms with Crippen LogP contribution in [-0.2, 0) is 20.5 Å². The van der Waals surface area contributed by atoms with E-state index in [9.17, 15) is 15.0 Å². The van der Waals surface area contributed by atoms with Crippen molar-refractivity contribution in [3.8, 4) is 0 Å². The number of methoxy groups -OCH3 is 1. The molecule has 2 saturated carbocycles. The van der Waals surface area contributed by atoms with Crippen molar-refractivity contribution in [2.75, 3.05) is 7.11 Å². The van der Waals surface area contributed by atoms with Crippen LogP contribution >= 0.6 is 0 Å². The smallest absolute Gasteiger partial charge is 0.316 e. The molecule has 2 fully saturated rings. The van der Waals surface area contributed by atoms with Gasteiger partial charge >= 0.3 is 5.97 Å². The minimum atomic E-state index is -1.62. The van der Waals surface area contributed by atoms with Gasteiger partial charge in [-0.25, -0.2) is 0 Å². The predicted octanol–water partition coefficient (Wildman–Crippen LogP) is 3.24. The van der Waals surface area contributed by atoms with Gasteiger partial charge in [0.05, 0.1) is 7.11 Å². The Balaban J connectivity index is 1.73. The van der Waals surface area contributed by atoms with Crippen molar-refractivity contribution in [2.24, 2.45) is 5.41 Å². The molecule has 2 N–H and O–H groups in total. The zero-order chi connectivity index (χ0) is 20.7. The molecule has 3 aromatic carbocycles. The molecular weight excluding hydrogens is 376 g/mol. The number of ether oxygens (including phenoxy) is 1. The first-order valence-corrected chi connectivity index (χ1v) is 10.3. The van der Waals surface area contributed by atoms with E-state index < -0.39 is 34.4 Å². The summed E-state index contributed by atoms with van der Waals surface area (Å²) in [6.07, 6.45) is -1.30. The lowest BCUT2D eigenvalue weighted by molar-refractivity contribution is -0.160. The monoisotopic (exact) mass is 398 g/mol. The summed E-state index contributed by atoms with van der Waals surface area (Å²) in [7, 11) is 1.36. The summed E-state index contributed by atoms with van der Waals surface area (Å²) in [5.41, 5.74) is -0.0245. The maximum Gasteiger partial charge on any atom is 0.316 e. The number of aliphatic hydroxyl groups excluding tert-OH is 1. The fraction of sp³-hybridized carbons (Fsp3) is 0.269. The largest absolute Gasteiger partial charge is 0.468 e. The van der Waals surface area contributed by atoms with Crippen LogP contribution in [0.4, 0.5) is 0 Å². The van der Waals surface area contributed by atoms with E-state index in [0.29, 0.717) is 5.56 Å². The number of carbonyl (C=O) groups is 1. The molecule has 6 rings (SSSR count). The molecule has 0 bridgehead atoms. The third-order valence-corrected chi connectivity index (χ3v) is 7.88. The zero-order valence-electron chi connectivity index (χ0n) is 16.5. The number of aliphatic hydroxyl groups is 2. The van der Waals surface area contributed by atoms with Crippen LogP contribution in [0.5, 0.6) is 0 Å². The standard InChI is InChI=1S/C26H22O4/c1-30-23(28)25-20-18-14-8-9-15-19(18)21(24(20,25)16-10-4-2-5-11-16)26(29,22(25)27)17-12-6-3-7-13-17/h2-15,20-22,27,29H,1H3/t20-,21+,22+,24-,25+,26-/m1/s1. The number of carbonyl (C=O) groups excluding carboxylic acids is 1. The zero-order valence-corrected chi connectivity index (χ0v) is 16.5. The molecule has 0 unspecified atom stereocenters. The van der Waals surface area contributed by atoms with Crippen molar-refractivity contribution in [1.82, 2.24) is 0 Å². The Labute approximate surface area is 174 Å². The average molecular weight is 398 g/mol. The molecule has 3 aliphatic rings. The maximum absolute atomic E-state index is 13.4. The Morgan fingerprint density at radius 2 is 1.30 bits per heavy atom. The Hall–Kier alpha value is -2.95. The molecular formula is C26H22O4. The quantitative estimate of drug-likeness (QED) is 0.665. The maximum atomic E-state index is 13.4. The van der Waals surface area contributed by atoms with Gasteiger partial charge in [0.1, 0.15) is 17.1 Å². The first-order valence-electron chi connectivity index (χ1n) is 10.3. The van der Waals surface area contributed by atoms with Crippen molar-refractivity contribution >= 4 is 5.97 Å². The van der Waals surface area contributed by atoms with Crippen LogP contribution in [-0.4, -0.2) is 29.4 Å². The molecule has 4 nitrogen and oxygen atoms in total. The molecule has 3 aromatic rings. The number of esters is 1. The predicted molar refractivity (Wildman–Crippen MR) is 111 cm³/mol. The first-order chi connectivity index (χ1) is 14.6. The van der Waals surface area contributed by atoms with Gasteiger partial charge in [0.25, 0.3) is 0 Å². The summed E-state index contributed by atoms with van der Waals surface area (Å²) in [4.78, 5) is 13.4. The molecule has 6 atom stereocenters. The number of fused-ring (bicyclic) bond motifs is 4. The number of hydrogen-bond donors (Lipinski definition) is 2. The van der Waals surface area contributed by atoms with Crippen molar-refractivity contribution in [3.63, 3.8) is 0 Å². The van der Waals surface area contributed by atoms with E-state index in [1.54, 1.807) is 0 Å². The van der Waals surface area contributed by atoms with E-state index in [0.717, 1.165) is 16.7 Å². The van der Waals surface area contributed by atoms with Crippen LogP contribution in [0, 0.1) is 5.41 Å². The summed E-state index contributed by atoms with van der Waals surface area (Å²) in [5.74, 6) is -1.17. The highest BCUT2D eigenvalue weighted by molar-refractivity contribution is 5.93. The fourth-order valence-electron chi connectivity index (χ4n) is 7.05. The van der Waals surface area contributed by atoms with E-state index in [2.05, 4.69) is 0 Å². The molecule has 0 radical (unpaired) electrons. The summed E-state index contributed by atoms with van der Waals surface area (Å²) in [6, 6.07) is 27.0. The highest BCUT2D eigenvalue weighted by atomic mass is 16.5. The highest BCUT2D eigenvalue weighted by Gasteiger charge is 2.98. The lowest BCUT2D eigenvalue weighted by Gasteiger charge is -2.37. The second kappa shape index (κ2) is 5.60. The molecule has 0 amide bonds. The number of rotatable bonds is 3. The molecule has 0 saturated heterocycles. The molecule has 0 aliphatic heterocycles. The van der Waals surface area contributed by atoms with Gasteiger partial charge in [-0.3, -0.25) is 4.79 Å². The van der Waals surface area contributed by atoms with Crippen LogP contribution in [0.15, 0.2) is 84.9 Å². The SMILES string of the molecule is COC(=O)[C@@]12[C@H](O)[C@@](O)(c3ccccc3)[C@H]3c4ccccc4[C@@H]1[C@]32c1ccccc1. The summed E-state index contributed by atoms with van der Waals surface area (Å²) >= 11 is 0. The van der Waals surface area contributed by atoms with E-state index in [1.165, 1.54) is 7.11 Å².